The van der Waals surface area contributed by atoms with Crippen molar-refractivity contribution < 1.29 is 9.53 Å². The fraction of sp³-hybridized carbons (Fsp3) is 0.304. The molecule has 2 heterocycles. The van der Waals surface area contributed by atoms with Gasteiger partial charge in [-0.2, -0.15) is 0 Å². The molecule has 1 aromatic heterocycles. The Balaban J connectivity index is 1.36. The van der Waals surface area contributed by atoms with Crippen LogP contribution in [0.2, 0.25) is 15.1 Å². The molecule has 4 rings (SSSR count). The predicted molar refractivity (Wildman–Crippen MR) is 125 cm³/mol. The van der Waals surface area contributed by atoms with Crippen LogP contribution < -0.4 is 4.74 Å². The number of rotatable bonds is 5. The average Bonchev–Trinajstić information content (AvgIpc) is 2.75. The SMILES string of the molecule is Cc1ccc2c(Cl)cc(Cl)c(OCC(=O)N3CCN(Cc4ccc(Cl)cc4)CC3)c2n1. The monoisotopic (exact) mass is 477 g/mol. The Hall–Kier alpha value is -2.05. The lowest BCUT2D eigenvalue weighted by molar-refractivity contribution is -0.135. The summed E-state index contributed by atoms with van der Waals surface area (Å²) in [6.45, 7) is 5.55. The Labute approximate surface area is 196 Å². The quantitative estimate of drug-likeness (QED) is 0.504. The van der Waals surface area contributed by atoms with Crippen LogP contribution in [0.1, 0.15) is 11.3 Å². The molecule has 0 radical (unpaired) electrons. The highest BCUT2D eigenvalue weighted by Gasteiger charge is 2.22. The molecule has 0 atom stereocenters. The number of nitrogens with zero attached hydrogens (tertiary/aromatic N) is 3. The zero-order chi connectivity index (χ0) is 22.0. The van der Waals surface area contributed by atoms with E-state index in [4.69, 9.17) is 39.5 Å². The molecule has 162 valence electrons. The summed E-state index contributed by atoms with van der Waals surface area (Å²) >= 11 is 18.6. The number of hydrogen-bond acceptors (Lipinski definition) is 4. The molecule has 0 N–H and O–H groups in total. The predicted octanol–water partition coefficient (Wildman–Crippen LogP) is 5.23. The number of piperazine rings is 1. The fourth-order valence-corrected chi connectivity index (χ4v) is 4.35. The highest BCUT2D eigenvalue weighted by Crippen LogP contribution is 2.37. The minimum atomic E-state index is -0.0940. The van der Waals surface area contributed by atoms with Gasteiger partial charge in [0.1, 0.15) is 5.52 Å². The Bertz CT molecular complexity index is 1100. The zero-order valence-corrected chi connectivity index (χ0v) is 19.3. The molecule has 0 aliphatic carbocycles. The molecular formula is C23H22Cl3N3O2. The first-order valence-corrected chi connectivity index (χ1v) is 11.2. The molecule has 31 heavy (non-hydrogen) atoms. The summed E-state index contributed by atoms with van der Waals surface area (Å²) in [5.41, 5.74) is 2.59. The van der Waals surface area contributed by atoms with Crippen molar-refractivity contribution in [2.45, 2.75) is 13.5 Å². The van der Waals surface area contributed by atoms with Gasteiger partial charge in [-0.05, 0) is 42.8 Å². The molecule has 0 bridgehead atoms. The number of carbonyl (C=O) groups excluding carboxylic acids is 1. The van der Waals surface area contributed by atoms with Crippen molar-refractivity contribution in [2.24, 2.45) is 0 Å². The minimum Gasteiger partial charge on any atom is -0.480 e. The Morgan fingerprint density at radius 2 is 1.71 bits per heavy atom. The summed E-state index contributed by atoms with van der Waals surface area (Å²) in [6, 6.07) is 13.2. The van der Waals surface area contributed by atoms with Gasteiger partial charge in [-0.3, -0.25) is 9.69 Å². The first kappa shape index (κ1) is 22.2. The molecule has 5 nitrogen and oxygen atoms in total. The van der Waals surface area contributed by atoms with Crippen LogP contribution in [0, 0.1) is 6.92 Å². The highest BCUT2D eigenvalue weighted by molar-refractivity contribution is 6.39. The van der Waals surface area contributed by atoms with E-state index in [1.165, 1.54) is 5.56 Å². The maximum Gasteiger partial charge on any atom is 0.260 e. The summed E-state index contributed by atoms with van der Waals surface area (Å²) in [7, 11) is 0. The summed E-state index contributed by atoms with van der Waals surface area (Å²) < 4.78 is 5.84. The molecule has 0 unspecified atom stereocenters. The summed E-state index contributed by atoms with van der Waals surface area (Å²) in [6.07, 6.45) is 0. The summed E-state index contributed by atoms with van der Waals surface area (Å²) in [5.74, 6) is 0.317. The number of aryl methyl sites for hydroxylation is 1. The van der Waals surface area contributed by atoms with Gasteiger partial charge in [0.2, 0.25) is 0 Å². The molecule has 3 aromatic rings. The Morgan fingerprint density at radius 1 is 1.00 bits per heavy atom. The van der Waals surface area contributed by atoms with Gasteiger partial charge in [-0.25, -0.2) is 4.98 Å². The number of pyridine rings is 1. The van der Waals surface area contributed by atoms with Gasteiger partial charge in [-0.1, -0.05) is 46.9 Å². The summed E-state index contributed by atoms with van der Waals surface area (Å²) in [4.78, 5) is 21.4. The van der Waals surface area contributed by atoms with Gasteiger partial charge in [-0.15, -0.1) is 0 Å². The van der Waals surface area contributed by atoms with Crippen molar-refractivity contribution in [1.82, 2.24) is 14.8 Å². The van der Waals surface area contributed by atoms with Crippen molar-refractivity contribution in [3.63, 3.8) is 0 Å². The van der Waals surface area contributed by atoms with Crippen molar-refractivity contribution in [1.29, 1.82) is 0 Å². The van der Waals surface area contributed by atoms with Gasteiger partial charge in [0, 0.05) is 48.8 Å². The zero-order valence-electron chi connectivity index (χ0n) is 17.1. The van der Waals surface area contributed by atoms with E-state index in [9.17, 15) is 4.79 Å². The topological polar surface area (TPSA) is 45.7 Å². The molecule has 1 fully saturated rings. The van der Waals surface area contributed by atoms with E-state index in [0.29, 0.717) is 34.4 Å². The number of benzene rings is 2. The lowest BCUT2D eigenvalue weighted by Gasteiger charge is -2.34. The Morgan fingerprint density at radius 3 is 2.42 bits per heavy atom. The second kappa shape index (κ2) is 9.61. The van der Waals surface area contributed by atoms with Crippen LogP contribution in [0.5, 0.6) is 5.75 Å². The molecular weight excluding hydrogens is 457 g/mol. The van der Waals surface area contributed by atoms with Crippen molar-refractivity contribution >= 4 is 51.6 Å². The number of ether oxygens (including phenoxy) is 1. The number of hydrogen-bond donors (Lipinski definition) is 0. The van der Waals surface area contributed by atoms with Crippen LogP contribution in [0.4, 0.5) is 0 Å². The fourth-order valence-electron chi connectivity index (χ4n) is 3.66. The van der Waals surface area contributed by atoms with Crippen LogP contribution in [-0.2, 0) is 11.3 Å². The smallest absolute Gasteiger partial charge is 0.260 e. The number of amides is 1. The normalized spacial score (nSPS) is 14.8. The van der Waals surface area contributed by atoms with E-state index in [-0.39, 0.29) is 12.5 Å². The molecule has 0 spiro atoms. The van der Waals surface area contributed by atoms with Crippen LogP contribution in [-0.4, -0.2) is 53.5 Å². The number of aromatic nitrogens is 1. The number of fused-ring (bicyclic) bond motifs is 1. The first-order valence-electron chi connectivity index (χ1n) is 10.0. The molecule has 1 amide bonds. The maximum absolute atomic E-state index is 12.7. The van der Waals surface area contributed by atoms with Gasteiger partial charge in [0.25, 0.3) is 5.91 Å². The van der Waals surface area contributed by atoms with Crippen LogP contribution in [0.25, 0.3) is 10.9 Å². The van der Waals surface area contributed by atoms with E-state index in [1.54, 1.807) is 6.07 Å². The van der Waals surface area contributed by atoms with Gasteiger partial charge < -0.3 is 9.64 Å². The molecule has 2 aromatic carbocycles. The van der Waals surface area contributed by atoms with Gasteiger partial charge in [0.15, 0.2) is 12.4 Å². The van der Waals surface area contributed by atoms with E-state index < -0.39 is 0 Å². The molecule has 1 aliphatic rings. The van der Waals surface area contributed by atoms with Crippen molar-refractivity contribution in [2.75, 3.05) is 32.8 Å². The van der Waals surface area contributed by atoms with Crippen molar-refractivity contribution in [3.05, 3.63) is 68.8 Å². The minimum absolute atomic E-state index is 0.0713. The van der Waals surface area contributed by atoms with Crippen LogP contribution in [0.3, 0.4) is 0 Å². The Kier molecular flexibility index (Phi) is 6.87. The molecule has 0 saturated carbocycles. The maximum atomic E-state index is 12.7. The lowest BCUT2D eigenvalue weighted by Crippen LogP contribution is -2.49. The summed E-state index contributed by atoms with van der Waals surface area (Å²) in [5, 5.41) is 2.33. The van der Waals surface area contributed by atoms with Crippen molar-refractivity contribution in [3.8, 4) is 5.75 Å². The molecule has 8 heteroatoms. The number of halogens is 3. The lowest BCUT2D eigenvalue weighted by atomic mass is 10.2. The largest absolute Gasteiger partial charge is 0.480 e. The van der Waals surface area contributed by atoms with E-state index in [2.05, 4.69) is 9.88 Å². The first-order chi connectivity index (χ1) is 14.9. The molecule has 1 aliphatic heterocycles. The highest BCUT2D eigenvalue weighted by atomic mass is 35.5. The average molecular weight is 479 g/mol. The van der Waals surface area contributed by atoms with Gasteiger partial charge in [0.05, 0.1) is 10.0 Å². The second-order valence-corrected chi connectivity index (χ2v) is 8.84. The molecule has 1 saturated heterocycles. The second-order valence-electron chi connectivity index (χ2n) is 7.59. The van der Waals surface area contributed by atoms with E-state index in [0.717, 1.165) is 35.7 Å². The van der Waals surface area contributed by atoms with Gasteiger partial charge >= 0.3 is 0 Å². The number of carbonyl (C=O) groups is 1. The third-order valence-corrected chi connectivity index (χ3v) is 6.21. The van der Waals surface area contributed by atoms with E-state index in [1.807, 2.05) is 48.2 Å². The van der Waals surface area contributed by atoms with Crippen LogP contribution in [0.15, 0.2) is 42.5 Å². The van der Waals surface area contributed by atoms with E-state index >= 15 is 0 Å². The van der Waals surface area contributed by atoms with Crippen LogP contribution >= 0.6 is 34.8 Å². The third-order valence-electron chi connectivity index (χ3n) is 5.36. The third kappa shape index (κ3) is 5.24. The standard InChI is InChI=1S/C23H22Cl3N3O2/c1-15-2-7-18-19(25)12-20(26)23(22(18)27-15)31-14-21(30)29-10-8-28(9-11-29)13-16-3-5-17(24)6-4-16/h2-7,12H,8-11,13-14H2,1H3.